The molecule has 0 aliphatic carbocycles. The lowest BCUT2D eigenvalue weighted by Gasteiger charge is -2.14. The third kappa shape index (κ3) is 2.70. The molecule has 7 nitrogen and oxygen atoms in total. The summed E-state index contributed by atoms with van der Waals surface area (Å²) < 4.78 is 0. The lowest BCUT2D eigenvalue weighted by Crippen LogP contribution is -2.30. The zero-order valence-corrected chi connectivity index (χ0v) is 12.0. The van der Waals surface area contributed by atoms with Gasteiger partial charge in [0.1, 0.15) is 5.01 Å². The van der Waals surface area contributed by atoms with Crippen molar-refractivity contribution in [2.24, 2.45) is 0 Å². The number of carboxylic acids is 1. The lowest BCUT2D eigenvalue weighted by molar-refractivity contribution is 0.0696. The predicted molar refractivity (Wildman–Crippen MR) is 76.3 cm³/mol. The highest BCUT2D eigenvalue weighted by Gasteiger charge is 2.24. The van der Waals surface area contributed by atoms with E-state index in [9.17, 15) is 9.59 Å². The van der Waals surface area contributed by atoms with Crippen molar-refractivity contribution in [2.45, 2.75) is 20.0 Å². The minimum atomic E-state index is -0.968. The Hall–Kier alpha value is -2.48. The van der Waals surface area contributed by atoms with Crippen LogP contribution in [0.25, 0.3) is 0 Å². The predicted octanol–water partition coefficient (Wildman–Crippen LogP) is 2.09. The minimum Gasteiger partial charge on any atom is -0.478 e. The van der Waals surface area contributed by atoms with Crippen LogP contribution in [0.15, 0.2) is 18.2 Å². The summed E-state index contributed by atoms with van der Waals surface area (Å²) in [6.07, 6.45) is 0. The Kier molecular flexibility index (Phi) is 3.30. The first-order chi connectivity index (χ1) is 10.0. The van der Waals surface area contributed by atoms with Crippen LogP contribution in [0.2, 0.25) is 0 Å². The highest BCUT2D eigenvalue weighted by atomic mass is 32.1. The molecule has 1 aromatic heterocycles. The number of anilines is 1. The van der Waals surface area contributed by atoms with Gasteiger partial charge in [-0.3, -0.25) is 5.32 Å². The second-order valence-electron chi connectivity index (χ2n) is 4.70. The molecule has 0 saturated carbocycles. The van der Waals surface area contributed by atoms with Crippen LogP contribution in [0, 0.1) is 6.92 Å². The summed E-state index contributed by atoms with van der Waals surface area (Å²) in [4.78, 5) is 24.7. The molecule has 0 atom stereocenters. The second-order valence-corrected chi connectivity index (χ2v) is 5.88. The number of aryl methyl sites for hydroxylation is 1. The molecule has 1 aliphatic heterocycles. The van der Waals surface area contributed by atoms with Crippen LogP contribution in [-0.4, -0.2) is 32.2 Å². The third-order valence-electron chi connectivity index (χ3n) is 3.20. The summed E-state index contributed by atoms with van der Waals surface area (Å²) in [5, 5.41) is 20.6. The first kappa shape index (κ1) is 13.5. The van der Waals surface area contributed by atoms with Crippen LogP contribution in [0.3, 0.4) is 0 Å². The minimum absolute atomic E-state index is 0.232. The van der Waals surface area contributed by atoms with Gasteiger partial charge in [0.05, 0.1) is 5.56 Å². The number of rotatable bonds is 2. The number of nitrogens with zero attached hydrogens (tertiary/aromatic N) is 3. The first-order valence-corrected chi connectivity index (χ1v) is 7.06. The van der Waals surface area contributed by atoms with Crippen LogP contribution in [-0.2, 0) is 13.1 Å². The van der Waals surface area contributed by atoms with E-state index in [1.807, 2.05) is 6.92 Å². The maximum absolute atomic E-state index is 12.1. The number of nitrogens with one attached hydrogen (secondary N) is 1. The van der Waals surface area contributed by atoms with E-state index in [1.165, 1.54) is 11.3 Å². The zero-order valence-electron chi connectivity index (χ0n) is 11.2. The van der Waals surface area contributed by atoms with Crippen LogP contribution in [0.4, 0.5) is 9.93 Å². The van der Waals surface area contributed by atoms with Crippen molar-refractivity contribution in [3.8, 4) is 0 Å². The topological polar surface area (TPSA) is 95.4 Å². The maximum Gasteiger partial charge on any atom is 0.335 e. The van der Waals surface area contributed by atoms with Crippen molar-refractivity contribution in [2.75, 3.05) is 5.32 Å². The molecule has 0 saturated heterocycles. The zero-order chi connectivity index (χ0) is 15.0. The van der Waals surface area contributed by atoms with E-state index in [0.717, 1.165) is 16.1 Å². The molecule has 21 heavy (non-hydrogen) atoms. The number of aromatic nitrogens is 2. The Bertz CT molecular complexity index is 728. The van der Waals surface area contributed by atoms with Gasteiger partial charge in [-0.05, 0) is 30.2 Å². The molecule has 0 spiro atoms. The molecule has 2 N–H and O–H groups in total. The average molecular weight is 304 g/mol. The van der Waals surface area contributed by atoms with Crippen molar-refractivity contribution < 1.29 is 14.7 Å². The summed E-state index contributed by atoms with van der Waals surface area (Å²) in [6, 6.07) is 4.65. The monoisotopic (exact) mass is 304 g/mol. The number of hydrogen-bond acceptors (Lipinski definition) is 5. The molecule has 0 unspecified atom stereocenters. The van der Waals surface area contributed by atoms with E-state index in [-0.39, 0.29) is 11.6 Å². The first-order valence-electron chi connectivity index (χ1n) is 6.24. The van der Waals surface area contributed by atoms with Crippen molar-refractivity contribution in [1.82, 2.24) is 15.1 Å². The average Bonchev–Trinajstić information content (AvgIpc) is 3.03. The molecule has 2 heterocycles. The molecule has 8 heteroatoms. The normalized spacial score (nSPS) is 13.1. The quantitative estimate of drug-likeness (QED) is 0.885. The van der Waals surface area contributed by atoms with E-state index in [0.29, 0.717) is 18.2 Å². The van der Waals surface area contributed by atoms with Crippen LogP contribution < -0.4 is 5.32 Å². The summed E-state index contributed by atoms with van der Waals surface area (Å²) in [7, 11) is 0. The molecule has 1 aromatic carbocycles. The highest BCUT2D eigenvalue weighted by molar-refractivity contribution is 7.15. The Balaban J connectivity index is 1.72. The molecule has 0 radical (unpaired) electrons. The molecule has 0 bridgehead atoms. The third-order valence-corrected chi connectivity index (χ3v) is 3.96. The maximum atomic E-state index is 12.1. The largest absolute Gasteiger partial charge is 0.478 e. The highest BCUT2D eigenvalue weighted by Crippen LogP contribution is 2.25. The summed E-state index contributed by atoms with van der Waals surface area (Å²) in [5.41, 5.74) is 2.05. The smallest absolute Gasteiger partial charge is 0.335 e. The lowest BCUT2D eigenvalue weighted by atomic mass is 10.1. The molecule has 108 valence electrons. The molecule has 2 amide bonds. The van der Waals surface area contributed by atoms with Gasteiger partial charge in [0.25, 0.3) is 0 Å². The van der Waals surface area contributed by atoms with Gasteiger partial charge in [-0.1, -0.05) is 17.4 Å². The van der Waals surface area contributed by atoms with Crippen LogP contribution in [0.5, 0.6) is 0 Å². The van der Waals surface area contributed by atoms with Crippen molar-refractivity contribution >= 4 is 28.5 Å². The Labute approximate surface area is 124 Å². The van der Waals surface area contributed by atoms with E-state index in [1.54, 1.807) is 23.1 Å². The van der Waals surface area contributed by atoms with Gasteiger partial charge in [0.15, 0.2) is 0 Å². The second kappa shape index (κ2) is 5.13. The van der Waals surface area contributed by atoms with Gasteiger partial charge in [0.2, 0.25) is 5.13 Å². The van der Waals surface area contributed by atoms with E-state index in [2.05, 4.69) is 15.5 Å². The SMILES string of the molecule is Cc1nnc(NC(=O)N2Cc3ccc(C(=O)O)cc3C2)s1. The van der Waals surface area contributed by atoms with Gasteiger partial charge in [0, 0.05) is 13.1 Å². The number of aromatic carboxylic acids is 1. The number of carboxylic acid groups (broad SMARTS) is 1. The molecular weight excluding hydrogens is 292 g/mol. The van der Waals surface area contributed by atoms with Gasteiger partial charge < -0.3 is 10.0 Å². The van der Waals surface area contributed by atoms with Crippen molar-refractivity contribution in [3.05, 3.63) is 39.9 Å². The van der Waals surface area contributed by atoms with Crippen LogP contribution >= 0.6 is 11.3 Å². The molecule has 3 rings (SSSR count). The van der Waals surface area contributed by atoms with Gasteiger partial charge in [-0.2, -0.15) is 0 Å². The summed E-state index contributed by atoms with van der Waals surface area (Å²) >= 11 is 1.31. The number of urea groups is 1. The standard InChI is InChI=1S/C13H12N4O3S/c1-7-15-16-12(21-7)14-13(20)17-5-9-3-2-8(11(18)19)4-10(9)6-17/h2-4H,5-6H2,1H3,(H,18,19)(H,14,16,20). The van der Waals surface area contributed by atoms with Crippen molar-refractivity contribution in [3.63, 3.8) is 0 Å². The fraction of sp³-hybridized carbons (Fsp3) is 0.231. The molecule has 2 aromatic rings. The number of carbonyl (C=O) groups is 2. The summed E-state index contributed by atoms with van der Waals surface area (Å²) in [5.74, 6) is -0.968. The van der Waals surface area contributed by atoms with Gasteiger partial charge >= 0.3 is 12.0 Å². The number of benzene rings is 1. The van der Waals surface area contributed by atoms with Crippen LogP contribution in [0.1, 0.15) is 26.5 Å². The Morgan fingerprint density at radius 2 is 2.05 bits per heavy atom. The number of carbonyl (C=O) groups excluding carboxylic acids is 1. The summed E-state index contributed by atoms with van der Waals surface area (Å²) in [6.45, 7) is 2.66. The van der Waals surface area contributed by atoms with Gasteiger partial charge in [-0.25, -0.2) is 9.59 Å². The fourth-order valence-electron chi connectivity index (χ4n) is 2.19. The number of amides is 2. The van der Waals surface area contributed by atoms with E-state index >= 15 is 0 Å². The molecule has 0 fully saturated rings. The van der Waals surface area contributed by atoms with Crippen molar-refractivity contribution in [1.29, 1.82) is 0 Å². The number of hydrogen-bond donors (Lipinski definition) is 2. The molecule has 1 aliphatic rings. The Morgan fingerprint density at radius 1 is 1.29 bits per heavy atom. The molecular formula is C13H12N4O3S. The van der Waals surface area contributed by atoms with E-state index in [4.69, 9.17) is 5.11 Å². The van der Waals surface area contributed by atoms with Gasteiger partial charge in [-0.15, -0.1) is 10.2 Å². The van der Waals surface area contributed by atoms with E-state index < -0.39 is 5.97 Å². The Morgan fingerprint density at radius 3 is 2.71 bits per heavy atom. The number of fused-ring (bicyclic) bond motifs is 1. The fourth-order valence-corrected chi connectivity index (χ4v) is 2.77.